The minimum Gasteiger partial charge on any atom is -0.370 e. The molecular weight excluding hydrogens is 379 g/mol. The van der Waals surface area contributed by atoms with Gasteiger partial charge < -0.3 is 15.5 Å². The van der Waals surface area contributed by atoms with E-state index in [2.05, 4.69) is 11.6 Å². The average molecular weight is 408 g/mol. The van der Waals surface area contributed by atoms with Crippen LogP contribution in [0.3, 0.4) is 0 Å². The maximum atomic E-state index is 11.8. The second kappa shape index (κ2) is 11.8. The molecule has 0 aromatic rings. The van der Waals surface area contributed by atoms with Crippen LogP contribution >= 0.6 is 24.0 Å². The van der Waals surface area contributed by atoms with Gasteiger partial charge in [-0.15, -0.1) is 30.6 Å². The van der Waals surface area contributed by atoms with E-state index in [1.807, 2.05) is 22.9 Å². The number of guanidine groups is 1. The van der Waals surface area contributed by atoms with Crippen LogP contribution < -0.4 is 5.73 Å². The van der Waals surface area contributed by atoms with E-state index in [1.54, 1.807) is 0 Å². The summed E-state index contributed by atoms with van der Waals surface area (Å²) in [5.74, 6) is 0.858. The van der Waals surface area contributed by atoms with Crippen molar-refractivity contribution in [2.45, 2.75) is 38.5 Å². The van der Waals surface area contributed by atoms with Crippen molar-refractivity contribution in [1.29, 1.82) is 0 Å². The Bertz CT molecular complexity index is 347. The van der Waals surface area contributed by atoms with Crippen LogP contribution in [0.25, 0.3) is 0 Å². The molecule has 1 aliphatic rings. The van der Waals surface area contributed by atoms with Crippen molar-refractivity contribution in [2.24, 2.45) is 10.7 Å². The van der Waals surface area contributed by atoms with Crippen LogP contribution in [0.4, 0.5) is 0 Å². The van der Waals surface area contributed by atoms with E-state index in [-0.39, 0.29) is 24.0 Å². The fourth-order valence-corrected chi connectivity index (χ4v) is 2.25. The quantitative estimate of drug-likeness (QED) is 0.231. The van der Waals surface area contributed by atoms with E-state index in [0.717, 1.165) is 45.3 Å². The van der Waals surface area contributed by atoms with Gasteiger partial charge in [0.05, 0.1) is 0 Å². The fraction of sp³-hybridized carbons (Fsp3) is 0.733. The van der Waals surface area contributed by atoms with E-state index in [4.69, 9.17) is 5.73 Å². The van der Waals surface area contributed by atoms with Gasteiger partial charge in [-0.2, -0.15) is 0 Å². The van der Waals surface area contributed by atoms with E-state index in [0.29, 0.717) is 24.8 Å². The van der Waals surface area contributed by atoms with Gasteiger partial charge in [-0.1, -0.05) is 12.5 Å². The second-order valence-electron chi connectivity index (χ2n) is 5.28. The molecule has 0 aliphatic carbocycles. The molecule has 0 aromatic carbocycles. The van der Waals surface area contributed by atoms with Gasteiger partial charge in [0.25, 0.3) is 0 Å². The summed E-state index contributed by atoms with van der Waals surface area (Å²) in [6.07, 6.45) is 7.68. The summed E-state index contributed by atoms with van der Waals surface area (Å²) < 4.78 is 0. The topological polar surface area (TPSA) is 61.9 Å². The summed E-state index contributed by atoms with van der Waals surface area (Å²) in [6, 6.07) is 0. The van der Waals surface area contributed by atoms with E-state index < -0.39 is 0 Å². The largest absolute Gasteiger partial charge is 0.370 e. The number of nitrogens with two attached hydrogens (primary N) is 1. The zero-order valence-electron chi connectivity index (χ0n) is 13.1. The molecule has 1 aliphatic heterocycles. The molecule has 1 amide bonds. The monoisotopic (exact) mass is 408 g/mol. The van der Waals surface area contributed by atoms with Gasteiger partial charge in [0.1, 0.15) is 0 Å². The fourth-order valence-electron chi connectivity index (χ4n) is 2.25. The highest BCUT2D eigenvalue weighted by atomic mass is 127. The smallest absolute Gasteiger partial charge is 0.222 e. The molecule has 1 rings (SSSR count). The predicted molar refractivity (Wildman–Crippen MR) is 99.0 cm³/mol. The van der Waals surface area contributed by atoms with Crippen molar-refractivity contribution in [3.63, 3.8) is 0 Å². The summed E-state index contributed by atoms with van der Waals surface area (Å²) >= 11 is 0. The summed E-state index contributed by atoms with van der Waals surface area (Å²) in [6.45, 7) is 6.90. The lowest BCUT2D eigenvalue weighted by atomic mass is 10.2. The number of nitrogens with zero attached hydrogens (tertiary/aromatic N) is 3. The number of hydrogen-bond acceptors (Lipinski definition) is 2. The molecule has 0 atom stereocenters. The number of carbonyl (C=O) groups is 1. The Balaban J connectivity index is 0.00000400. The van der Waals surface area contributed by atoms with Gasteiger partial charge in [0.15, 0.2) is 5.96 Å². The Morgan fingerprint density at radius 1 is 1.48 bits per heavy atom. The number of hydrogen-bond donors (Lipinski definition) is 1. The average Bonchev–Trinajstić information content (AvgIpc) is 2.65. The first kappa shape index (κ1) is 20.2. The van der Waals surface area contributed by atoms with Gasteiger partial charge in [-0.25, -0.2) is 0 Å². The molecule has 1 saturated heterocycles. The lowest BCUT2D eigenvalue weighted by Crippen LogP contribution is -2.35. The van der Waals surface area contributed by atoms with E-state index >= 15 is 0 Å². The Morgan fingerprint density at radius 3 is 2.95 bits per heavy atom. The molecule has 0 bridgehead atoms. The number of rotatable bonds is 7. The van der Waals surface area contributed by atoms with Crippen LogP contribution in [0.15, 0.2) is 17.6 Å². The van der Waals surface area contributed by atoms with Crippen molar-refractivity contribution >= 4 is 35.8 Å². The van der Waals surface area contributed by atoms with Crippen LogP contribution in [0, 0.1) is 0 Å². The van der Waals surface area contributed by atoms with E-state index in [1.165, 1.54) is 6.42 Å². The van der Waals surface area contributed by atoms with Crippen molar-refractivity contribution in [3.8, 4) is 0 Å². The Labute approximate surface area is 145 Å². The standard InChI is InChI=1S/C15H28N4O.HI/c1-3-4-11-18(2)15(16)17-10-8-13-19-12-7-5-6-9-14(19)20;/h3H,1,4-13H2,2H3,(H2,16,17);1H. The molecule has 0 saturated carbocycles. The van der Waals surface area contributed by atoms with Crippen LogP contribution in [0.5, 0.6) is 0 Å². The molecule has 6 heteroatoms. The predicted octanol–water partition coefficient (Wildman–Crippen LogP) is 2.22. The Hall–Kier alpha value is -0.790. The maximum absolute atomic E-state index is 11.8. The minimum absolute atomic E-state index is 0. The van der Waals surface area contributed by atoms with Crippen molar-refractivity contribution in [2.75, 3.05) is 33.2 Å². The zero-order valence-corrected chi connectivity index (χ0v) is 15.4. The summed E-state index contributed by atoms with van der Waals surface area (Å²) in [4.78, 5) is 20.1. The lowest BCUT2D eigenvalue weighted by molar-refractivity contribution is -0.130. The molecule has 0 unspecified atom stereocenters. The Kier molecular flexibility index (Phi) is 11.4. The van der Waals surface area contributed by atoms with Crippen molar-refractivity contribution < 1.29 is 4.79 Å². The molecule has 0 radical (unpaired) electrons. The van der Waals surface area contributed by atoms with Gasteiger partial charge in [0, 0.05) is 39.6 Å². The molecule has 0 aromatic heterocycles. The van der Waals surface area contributed by atoms with Crippen LogP contribution in [-0.4, -0.2) is 54.9 Å². The molecule has 21 heavy (non-hydrogen) atoms. The summed E-state index contributed by atoms with van der Waals surface area (Å²) in [5.41, 5.74) is 5.89. The normalized spacial score (nSPS) is 16.1. The van der Waals surface area contributed by atoms with Crippen LogP contribution in [-0.2, 0) is 4.79 Å². The number of likely N-dealkylation sites (tertiary alicyclic amines) is 1. The molecule has 0 spiro atoms. The highest BCUT2D eigenvalue weighted by Gasteiger charge is 2.15. The minimum atomic E-state index is 0. The third-order valence-electron chi connectivity index (χ3n) is 3.59. The second-order valence-corrected chi connectivity index (χ2v) is 5.28. The van der Waals surface area contributed by atoms with Crippen molar-refractivity contribution in [3.05, 3.63) is 12.7 Å². The van der Waals surface area contributed by atoms with Gasteiger partial charge in [0.2, 0.25) is 5.91 Å². The first-order chi connectivity index (χ1) is 9.65. The molecular formula is C15H29IN4O. The first-order valence-corrected chi connectivity index (χ1v) is 7.55. The maximum Gasteiger partial charge on any atom is 0.222 e. The molecule has 122 valence electrons. The number of amides is 1. The Morgan fingerprint density at radius 2 is 2.24 bits per heavy atom. The number of carbonyl (C=O) groups excluding carboxylic acids is 1. The van der Waals surface area contributed by atoms with Crippen LogP contribution in [0.2, 0.25) is 0 Å². The highest BCUT2D eigenvalue weighted by Crippen LogP contribution is 2.11. The molecule has 1 heterocycles. The van der Waals surface area contributed by atoms with Gasteiger partial charge >= 0.3 is 0 Å². The van der Waals surface area contributed by atoms with E-state index in [9.17, 15) is 4.79 Å². The highest BCUT2D eigenvalue weighted by molar-refractivity contribution is 14.0. The summed E-state index contributed by atoms with van der Waals surface area (Å²) in [7, 11) is 1.93. The first-order valence-electron chi connectivity index (χ1n) is 7.55. The lowest BCUT2D eigenvalue weighted by Gasteiger charge is -2.20. The van der Waals surface area contributed by atoms with Gasteiger partial charge in [-0.3, -0.25) is 9.79 Å². The van der Waals surface area contributed by atoms with Gasteiger partial charge in [-0.05, 0) is 25.7 Å². The number of aliphatic imine (C=N–C) groups is 1. The summed E-state index contributed by atoms with van der Waals surface area (Å²) in [5, 5.41) is 0. The SMILES string of the molecule is C=CCCN(C)C(N)=NCCCN1CCCCCC1=O.I. The molecule has 2 N–H and O–H groups in total. The third kappa shape index (κ3) is 8.28. The molecule has 1 fully saturated rings. The van der Waals surface area contributed by atoms with Crippen LogP contribution in [0.1, 0.15) is 38.5 Å². The zero-order chi connectivity index (χ0) is 14.8. The third-order valence-corrected chi connectivity index (χ3v) is 3.59. The van der Waals surface area contributed by atoms with Crippen molar-refractivity contribution in [1.82, 2.24) is 9.80 Å². The number of halogens is 1. The molecule has 5 nitrogen and oxygen atoms in total.